The maximum Gasteiger partial charge on any atom is 0.0326 e. The van der Waals surface area contributed by atoms with E-state index in [9.17, 15) is 0 Å². The van der Waals surface area contributed by atoms with Crippen molar-refractivity contribution in [3.63, 3.8) is 0 Å². The summed E-state index contributed by atoms with van der Waals surface area (Å²) in [5, 5.41) is 3.66. The van der Waals surface area contributed by atoms with E-state index in [4.69, 9.17) is 0 Å². The first-order chi connectivity index (χ1) is 7.16. The Bertz CT molecular complexity index is 341. The van der Waals surface area contributed by atoms with Crippen molar-refractivity contribution in [2.45, 2.75) is 39.7 Å². The number of rotatable bonds is 3. The number of hydrogen-bond donors (Lipinski definition) is 1. The van der Waals surface area contributed by atoms with Crippen molar-refractivity contribution < 1.29 is 0 Å². The van der Waals surface area contributed by atoms with Gasteiger partial charge in [-0.2, -0.15) is 0 Å². The number of aryl methyl sites for hydroxylation is 2. The number of fused-ring (bicyclic) bond motifs is 1. The van der Waals surface area contributed by atoms with Crippen LogP contribution in [0.4, 0.5) is 0 Å². The normalized spacial score (nSPS) is 19.6. The van der Waals surface area contributed by atoms with Gasteiger partial charge in [-0.15, -0.1) is 0 Å². The van der Waals surface area contributed by atoms with Crippen molar-refractivity contribution >= 4 is 0 Å². The predicted octanol–water partition coefficient (Wildman–Crippen LogP) is 3.23. The van der Waals surface area contributed by atoms with E-state index in [1.807, 2.05) is 0 Å². The van der Waals surface area contributed by atoms with Crippen molar-refractivity contribution in [2.75, 3.05) is 6.54 Å². The van der Waals surface area contributed by atoms with Crippen LogP contribution in [0.3, 0.4) is 0 Å². The Morgan fingerprint density at radius 2 is 2.20 bits per heavy atom. The molecule has 2 rings (SSSR count). The molecule has 0 spiro atoms. The lowest BCUT2D eigenvalue weighted by Crippen LogP contribution is -2.23. The van der Waals surface area contributed by atoms with Crippen LogP contribution in [0, 0.1) is 12.8 Å². The van der Waals surface area contributed by atoms with Gasteiger partial charge in [-0.05, 0) is 43.4 Å². The van der Waals surface area contributed by atoms with Gasteiger partial charge in [-0.3, -0.25) is 0 Å². The second-order valence-electron chi connectivity index (χ2n) is 5.10. The Kier molecular flexibility index (Phi) is 3.11. The Balaban J connectivity index is 2.08. The monoisotopic (exact) mass is 203 g/mol. The fraction of sp³-hybridized carbons (Fsp3) is 0.571. The Hall–Kier alpha value is -0.820. The highest BCUT2D eigenvalue weighted by molar-refractivity contribution is 5.37. The Morgan fingerprint density at radius 3 is 2.93 bits per heavy atom. The van der Waals surface area contributed by atoms with E-state index in [0.29, 0.717) is 6.04 Å². The predicted molar refractivity (Wildman–Crippen MR) is 65.1 cm³/mol. The molecule has 0 aromatic heterocycles. The first-order valence-electron chi connectivity index (χ1n) is 5.99. The van der Waals surface area contributed by atoms with Gasteiger partial charge < -0.3 is 5.32 Å². The lowest BCUT2D eigenvalue weighted by Gasteiger charge is -2.15. The van der Waals surface area contributed by atoms with Crippen LogP contribution >= 0.6 is 0 Å². The molecule has 0 radical (unpaired) electrons. The number of nitrogens with one attached hydrogen (secondary N) is 1. The summed E-state index contributed by atoms with van der Waals surface area (Å²) in [5.41, 5.74) is 4.47. The van der Waals surface area contributed by atoms with E-state index in [2.05, 4.69) is 44.3 Å². The zero-order chi connectivity index (χ0) is 10.8. The molecule has 82 valence electrons. The largest absolute Gasteiger partial charge is 0.310 e. The summed E-state index contributed by atoms with van der Waals surface area (Å²) in [6.07, 6.45) is 2.51. The maximum atomic E-state index is 3.66. The lowest BCUT2D eigenvalue weighted by molar-refractivity contribution is 0.472. The van der Waals surface area contributed by atoms with E-state index >= 15 is 0 Å². The fourth-order valence-corrected chi connectivity index (χ4v) is 2.34. The molecule has 15 heavy (non-hydrogen) atoms. The molecule has 1 aromatic rings. The van der Waals surface area contributed by atoms with Gasteiger partial charge in [0, 0.05) is 6.04 Å². The fourth-order valence-electron chi connectivity index (χ4n) is 2.34. The summed E-state index contributed by atoms with van der Waals surface area (Å²) in [4.78, 5) is 0. The van der Waals surface area contributed by atoms with Crippen LogP contribution in [0.25, 0.3) is 0 Å². The van der Waals surface area contributed by atoms with Gasteiger partial charge in [0.1, 0.15) is 0 Å². The Morgan fingerprint density at radius 1 is 1.40 bits per heavy atom. The molecular formula is C14H21N. The van der Waals surface area contributed by atoms with Gasteiger partial charge in [0.2, 0.25) is 0 Å². The summed E-state index contributed by atoms with van der Waals surface area (Å²) in [6.45, 7) is 7.82. The maximum absolute atomic E-state index is 3.66. The molecule has 1 unspecified atom stereocenters. The number of hydrogen-bond acceptors (Lipinski definition) is 1. The molecule has 1 nitrogen and oxygen atoms in total. The molecule has 0 heterocycles. The topological polar surface area (TPSA) is 12.0 Å². The summed E-state index contributed by atoms with van der Waals surface area (Å²) in [5.74, 6) is 0.736. The van der Waals surface area contributed by atoms with Gasteiger partial charge in [0.15, 0.2) is 0 Å². The molecule has 0 amide bonds. The second kappa shape index (κ2) is 4.36. The van der Waals surface area contributed by atoms with Crippen LogP contribution in [-0.2, 0) is 6.42 Å². The van der Waals surface area contributed by atoms with E-state index in [0.717, 1.165) is 12.5 Å². The van der Waals surface area contributed by atoms with Crippen LogP contribution in [0.1, 0.15) is 43.0 Å². The SMILES string of the molecule is Cc1ccc2c(c1)CCC2NCC(C)C. The molecule has 1 aliphatic carbocycles. The van der Waals surface area contributed by atoms with Gasteiger partial charge >= 0.3 is 0 Å². The quantitative estimate of drug-likeness (QED) is 0.795. The average molecular weight is 203 g/mol. The third-order valence-corrected chi connectivity index (χ3v) is 3.15. The minimum atomic E-state index is 0.600. The highest BCUT2D eigenvalue weighted by Crippen LogP contribution is 2.31. The van der Waals surface area contributed by atoms with Crippen LogP contribution in [0.5, 0.6) is 0 Å². The summed E-state index contributed by atoms with van der Waals surface area (Å²) in [6, 6.07) is 7.47. The smallest absolute Gasteiger partial charge is 0.0326 e. The standard InChI is InChI=1S/C14H21N/c1-10(2)9-15-14-7-5-12-8-11(3)4-6-13(12)14/h4,6,8,10,14-15H,5,7,9H2,1-3H3. The lowest BCUT2D eigenvalue weighted by atomic mass is 10.1. The summed E-state index contributed by atoms with van der Waals surface area (Å²) < 4.78 is 0. The van der Waals surface area contributed by atoms with Crippen molar-refractivity contribution in [1.82, 2.24) is 5.32 Å². The van der Waals surface area contributed by atoms with E-state index < -0.39 is 0 Å². The van der Waals surface area contributed by atoms with E-state index in [-0.39, 0.29) is 0 Å². The Labute approximate surface area is 92.9 Å². The molecule has 0 saturated heterocycles. The second-order valence-corrected chi connectivity index (χ2v) is 5.10. The first-order valence-corrected chi connectivity index (χ1v) is 5.99. The summed E-state index contributed by atoms with van der Waals surface area (Å²) >= 11 is 0. The average Bonchev–Trinajstić information content (AvgIpc) is 2.57. The molecular weight excluding hydrogens is 182 g/mol. The minimum Gasteiger partial charge on any atom is -0.310 e. The third kappa shape index (κ3) is 2.40. The summed E-state index contributed by atoms with van der Waals surface area (Å²) in [7, 11) is 0. The van der Waals surface area contributed by atoms with E-state index in [1.54, 1.807) is 5.56 Å². The molecule has 1 aliphatic rings. The molecule has 1 heteroatoms. The number of benzene rings is 1. The molecule has 0 bridgehead atoms. The third-order valence-electron chi connectivity index (χ3n) is 3.15. The van der Waals surface area contributed by atoms with Crippen LogP contribution in [0.15, 0.2) is 18.2 Å². The molecule has 1 N–H and O–H groups in total. The molecule has 0 fully saturated rings. The van der Waals surface area contributed by atoms with Gasteiger partial charge in [-0.1, -0.05) is 37.6 Å². The zero-order valence-corrected chi connectivity index (χ0v) is 10.0. The molecule has 1 aromatic carbocycles. The first kappa shape index (κ1) is 10.7. The van der Waals surface area contributed by atoms with Gasteiger partial charge in [0.05, 0.1) is 0 Å². The van der Waals surface area contributed by atoms with Gasteiger partial charge in [-0.25, -0.2) is 0 Å². The molecule has 0 saturated carbocycles. The molecule has 0 aliphatic heterocycles. The zero-order valence-electron chi connectivity index (χ0n) is 10.0. The van der Waals surface area contributed by atoms with Crippen LogP contribution in [0.2, 0.25) is 0 Å². The van der Waals surface area contributed by atoms with Crippen LogP contribution < -0.4 is 5.32 Å². The van der Waals surface area contributed by atoms with E-state index in [1.165, 1.54) is 24.0 Å². The highest BCUT2D eigenvalue weighted by atomic mass is 14.9. The molecule has 1 atom stereocenters. The minimum absolute atomic E-state index is 0.600. The van der Waals surface area contributed by atoms with Crippen molar-refractivity contribution in [2.24, 2.45) is 5.92 Å². The van der Waals surface area contributed by atoms with Gasteiger partial charge in [0.25, 0.3) is 0 Å². The van der Waals surface area contributed by atoms with Crippen molar-refractivity contribution in [1.29, 1.82) is 0 Å². The van der Waals surface area contributed by atoms with Crippen molar-refractivity contribution in [3.05, 3.63) is 34.9 Å². The van der Waals surface area contributed by atoms with Crippen LogP contribution in [-0.4, -0.2) is 6.54 Å². The van der Waals surface area contributed by atoms with Crippen molar-refractivity contribution in [3.8, 4) is 0 Å². The highest BCUT2D eigenvalue weighted by Gasteiger charge is 2.21.